The Balaban J connectivity index is 2.18. The molecule has 0 radical (unpaired) electrons. The summed E-state index contributed by atoms with van der Waals surface area (Å²) in [6.45, 7) is 3.47. The van der Waals surface area contributed by atoms with E-state index in [4.69, 9.17) is 11.6 Å². The molecule has 158 valence electrons. The number of amides is 1. The van der Waals surface area contributed by atoms with Gasteiger partial charge in [-0.25, -0.2) is 0 Å². The van der Waals surface area contributed by atoms with E-state index < -0.39 is 17.5 Å². The second kappa shape index (κ2) is 9.56. The number of benzene rings is 2. The first-order valence-electron chi connectivity index (χ1n) is 9.66. The molecule has 3 rings (SSSR count). The van der Waals surface area contributed by atoms with Crippen LogP contribution in [0.5, 0.6) is 0 Å². The zero-order valence-corrected chi connectivity index (χ0v) is 17.8. The molecule has 8 heteroatoms. The molecule has 2 N–H and O–H groups in total. The highest BCUT2D eigenvalue weighted by molar-refractivity contribution is 6.30. The van der Waals surface area contributed by atoms with Gasteiger partial charge in [-0.05, 0) is 42.3 Å². The molecule has 0 aliphatic carbocycles. The Hall–Kier alpha value is -3.47. The van der Waals surface area contributed by atoms with Crippen molar-refractivity contribution < 1.29 is 9.90 Å². The van der Waals surface area contributed by atoms with Gasteiger partial charge in [-0.2, -0.15) is 15.0 Å². The molecule has 1 amide bonds. The highest BCUT2D eigenvalue weighted by Crippen LogP contribution is 2.20. The molecule has 0 aliphatic rings. The summed E-state index contributed by atoms with van der Waals surface area (Å²) in [6.07, 6.45) is 0. The fraction of sp³-hybridized carbons (Fsp3) is 0.217. The molecule has 0 aliphatic heterocycles. The average Bonchev–Trinajstić information content (AvgIpc) is 2.77. The number of aliphatic hydroxyl groups is 1. The van der Waals surface area contributed by atoms with Crippen LogP contribution in [0.1, 0.15) is 29.8 Å². The number of halogens is 1. The summed E-state index contributed by atoms with van der Waals surface area (Å²) < 4.78 is 1.10. The molecule has 31 heavy (non-hydrogen) atoms. The van der Waals surface area contributed by atoms with Crippen molar-refractivity contribution >= 4 is 17.5 Å². The van der Waals surface area contributed by atoms with Crippen LogP contribution in [0.3, 0.4) is 0 Å². The Bertz CT molecular complexity index is 1200. The van der Waals surface area contributed by atoms with Crippen molar-refractivity contribution in [3.05, 3.63) is 81.1 Å². The second-order valence-electron chi connectivity index (χ2n) is 7.34. The summed E-state index contributed by atoms with van der Waals surface area (Å²) in [6, 6.07) is 16.2. The van der Waals surface area contributed by atoms with E-state index in [1.54, 1.807) is 42.5 Å². The monoisotopic (exact) mass is 436 g/mol. The highest BCUT2D eigenvalue weighted by Gasteiger charge is 2.21. The quantitative estimate of drug-likeness (QED) is 0.617. The Kier molecular flexibility index (Phi) is 6.85. The molecule has 0 unspecified atom stereocenters. The third-order valence-electron chi connectivity index (χ3n) is 4.83. The number of hydrogen-bond acceptors (Lipinski definition) is 5. The van der Waals surface area contributed by atoms with E-state index in [1.165, 1.54) is 12.1 Å². The minimum atomic E-state index is -0.634. The fourth-order valence-electron chi connectivity index (χ4n) is 2.97. The summed E-state index contributed by atoms with van der Waals surface area (Å²) in [5.41, 5.74) is 0.998. The standard InChI is InChI=1S/C23H21ClN4O3/c1-14(2)21(13-29)26-22(30)19-11-20(16-6-8-17(24)9-7-16)27-28(23(19)31)18-5-3-4-15(10-18)12-25/h3-11,14,21,29H,13H2,1-2H3,(H,26,30)/t21-/m1/s1. The number of nitrogens with one attached hydrogen (secondary N) is 1. The predicted octanol–water partition coefficient (Wildman–Crippen LogP) is 3.17. The van der Waals surface area contributed by atoms with Gasteiger partial charge in [-0.1, -0.05) is 43.6 Å². The smallest absolute Gasteiger partial charge is 0.284 e. The van der Waals surface area contributed by atoms with E-state index in [0.29, 0.717) is 27.5 Å². The van der Waals surface area contributed by atoms with Crippen LogP contribution in [0, 0.1) is 17.2 Å². The number of aliphatic hydroxyl groups excluding tert-OH is 1. The van der Waals surface area contributed by atoms with Crippen molar-refractivity contribution in [3.8, 4) is 23.0 Å². The number of carbonyl (C=O) groups is 1. The first kappa shape index (κ1) is 22.2. The van der Waals surface area contributed by atoms with Gasteiger partial charge in [-0.15, -0.1) is 0 Å². The highest BCUT2D eigenvalue weighted by atomic mass is 35.5. The van der Waals surface area contributed by atoms with Crippen molar-refractivity contribution in [2.24, 2.45) is 5.92 Å². The molecule has 0 saturated heterocycles. The maximum Gasteiger partial charge on any atom is 0.284 e. The van der Waals surface area contributed by atoms with Crippen LogP contribution in [0.4, 0.5) is 0 Å². The zero-order chi connectivity index (χ0) is 22.5. The number of aromatic nitrogens is 2. The minimum Gasteiger partial charge on any atom is -0.394 e. The Morgan fingerprint density at radius 2 is 1.94 bits per heavy atom. The van der Waals surface area contributed by atoms with Crippen LogP contribution in [-0.2, 0) is 0 Å². The van der Waals surface area contributed by atoms with Gasteiger partial charge in [0.1, 0.15) is 5.56 Å². The average molecular weight is 437 g/mol. The molecular weight excluding hydrogens is 416 g/mol. The largest absolute Gasteiger partial charge is 0.394 e. The van der Waals surface area contributed by atoms with Gasteiger partial charge in [0.25, 0.3) is 11.5 Å². The molecule has 7 nitrogen and oxygen atoms in total. The molecule has 2 aromatic carbocycles. The van der Waals surface area contributed by atoms with E-state index in [0.717, 1.165) is 4.68 Å². The summed E-state index contributed by atoms with van der Waals surface area (Å²) in [4.78, 5) is 26.1. The molecule has 1 atom stereocenters. The van der Waals surface area contributed by atoms with Crippen LogP contribution in [0.25, 0.3) is 16.9 Å². The lowest BCUT2D eigenvalue weighted by atomic mass is 10.0. The minimum absolute atomic E-state index is 0.0268. The molecule has 1 aromatic heterocycles. The van der Waals surface area contributed by atoms with Crippen molar-refractivity contribution in [1.82, 2.24) is 15.1 Å². The number of hydrogen-bond donors (Lipinski definition) is 2. The summed E-state index contributed by atoms with van der Waals surface area (Å²) >= 11 is 5.98. The summed E-state index contributed by atoms with van der Waals surface area (Å²) in [7, 11) is 0. The molecule has 0 saturated carbocycles. The second-order valence-corrected chi connectivity index (χ2v) is 7.77. The number of carbonyl (C=O) groups excluding carboxylic acids is 1. The van der Waals surface area contributed by atoms with E-state index in [2.05, 4.69) is 10.4 Å². The number of nitriles is 1. The molecular formula is C23H21ClN4O3. The topological polar surface area (TPSA) is 108 Å². The Morgan fingerprint density at radius 3 is 2.55 bits per heavy atom. The first-order valence-corrected chi connectivity index (χ1v) is 10.0. The Morgan fingerprint density at radius 1 is 1.23 bits per heavy atom. The van der Waals surface area contributed by atoms with E-state index in [-0.39, 0.29) is 18.1 Å². The third kappa shape index (κ3) is 5.00. The number of rotatable bonds is 6. The number of nitrogens with zero attached hydrogens (tertiary/aromatic N) is 3. The van der Waals surface area contributed by atoms with Crippen LogP contribution in [-0.4, -0.2) is 33.4 Å². The molecule has 0 bridgehead atoms. The molecule has 0 spiro atoms. The first-order chi connectivity index (χ1) is 14.8. The molecule has 3 aromatic rings. The van der Waals surface area contributed by atoms with Gasteiger partial charge in [0.15, 0.2) is 0 Å². The van der Waals surface area contributed by atoms with Crippen molar-refractivity contribution in [1.29, 1.82) is 5.26 Å². The molecule has 0 fully saturated rings. The van der Waals surface area contributed by atoms with Gasteiger partial charge in [0, 0.05) is 10.6 Å². The Labute approximate surface area is 184 Å². The van der Waals surface area contributed by atoms with Crippen molar-refractivity contribution in [2.75, 3.05) is 6.61 Å². The summed E-state index contributed by atoms with van der Waals surface area (Å²) in [5.74, 6) is -0.637. The normalized spacial score (nSPS) is 11.7. The fourth-order valence-corrected chi connectivity index (χ4v) is 3.10. The summed E-state index contributed by atoms with van der Waals surface area (Å²) in [5, 5.41) is 26.4. The van der Waals surface area contributed by atoms with E-state index in [9.17, 15) is 20.0 Å². The maximum absolute atomic E-state index is 13.2. The van der Waals surface area contributed by atoms with Crippen LogP contribution < -0.4 is 10.9 Å². The lowest BCUT2D eigenvalue weighted by molar-refractivity contribution is 0.0894. The van der Waals surface area contributed by atoms with E-state index in [1.807, 2.05) is 19.9 Å². The van der Waals surface area contributed by atoms with Crippen LogP contribution in [0.2, 0.25) is 5.02 Å². The SMILES string of the molecule is CC(C)[C@@H](CO)NC(=O)c1cc(-c2ccc(Cl)cc2)nn(-c2cccc(C#N)c2)c1=O. The maximum atomic E-state index is 13.2. The van der Waals surface area contributed by atoms with E-state index >= 15 is 0 Å². The van der Waals surface area contributed by atoms with Gasteiger partial charge >= 0.3 is 0 Å². The van der Waals surface area contributed by atoms with Crippen molar-refractivity contribution in [2.45, 2.75) is 19.9 Å². The van der Waals surface area contributed by atoms with Gasteiger partial charge in [0.05, 0.1) is 35.7 Å². The lowest BCUT2D eigenvalue weighted by Crippen LogP contribution is -2.43. The van der Waals surface area contributed by atoms with Crippen LogP contribution >= 0.6 is 11.6 Å². The lowest BCUT2D eigenvalue weighted by Gasteiger charge is -2.20. The third-order valence-corrected chi connectivity index (χ3v) is 5.09. The van der Waals surface area contributed by atoms with Gasteiger partial charge in [0.2, 0.25) is 0 Å². The van der Waals surface area contributed by atoms with Crippen LogP contribution in [0.15, 0.2) is 59.4 Å². The predicted molar refractivity (Wildman–Crippen MR) is 118 cm³/mol. The zero-order valence-electron chi connectivity index (χ0n) is 17.0. The van der Waals surface area contributed by atoms with Crippen molar-refractivity contribution in [3.63, 3.8) is 0 Å². The van der Waals surface area contributed by atoms with Gasteiger partial charge in [-0.3, -0.25) is 9.59 Å². The van der Waals surface area contributed by atoms with Gasteiger partial charge < -0.3 is 10.4 Å². The molecule has 1 heterocycles.